The van der Waals surface area contributed by atoms with E-state index in [-0.39, 0.29) is 24.2 Å². The summed E-state index contributed by atoms with van der Waals surface area (Å²) in [7, 11) is 1.93. The summed E-state index contributed by atoms with van der Waals surface area (Å²) in [5.74, 6) is -0.678. The molecule has 1 N–H and O–H groups in total. The van der Waals surface area contributed by atoms with Gasteiger partial charge in [0.1, 0.15) is 5.60 Å². The summed E-state index contributed by atoms with van der Waals surface area (Å²) in [5.41, 5.74) is 0.404. The Balaban J connectivity index is 1.66. The summed E-state index contributed by atoms with van der Waals surface area (Å²) < 4.78 is 7.49. The smallest absolute Gasteiger partial charge is 0.307 e. The molecule has 1 spiro atoms. The molecule has 1 aliphatic carbocycles. The Morgan fingerprint density at radius 3 is 2.91 bits per heavy atom. The van der Waals surface area contributed by atoms with Gasteiger partial charge >= 0.3 is 5.97 Å². The molecule has 1 aromatic rings. The third-order valence-electron chi connectivity index (χ3n) is 4.76. The molecule has 7 heteroatoms. The number of imidazole rings is 1. The van der Waals surface area contributed by atoms with Gasteiger partial charge in [-0.3, -0.25) is 9.59 Å². The van der Waals surface area contributed by atoms with Crippen LogP contribution in [0, 0.1) is 5.92 Å². The predicted molar refractivity (Wildman–Crippen MR) is 82.2 cm³/mol. The number of hydrogen-bond acceptors (Lipinski definition) is 5. The van der Waals surface area contributed by atoms with Gasteiger partial charge in [-0.2, -0.15) is 0 Å². The first kappa shape index (κ1) is 15.4. The van der Waals surface area contributed by atoms with Crippen LogP contribution >= 0.6 is 11.8 Å². The summed E-state index contributed by atoms with van der Waals surface area (Å²) in [6, 6.07) is 0. The van der Waals surface area contributed by atoms with Crippen molar-refractivity contribution in [1.29, 1.82) is 0 Å². The molecule has 1 aromatic heterocycles. The van der Waals surface area contributed by atoms with E-state index in [4.69, 9.17) is 4.74 Å². The van der Waals surface area contributed by atoms with Crippen LogP contribution in [0.15, 0.2) is 11.4 Å². The zero-order chi connectivity index (χ0) is 15.7. The molecule has 120 valence electrons. The molecule has 2 fully saturated rings. The maximum absolute atomic E-state index is 12.5. The van der Waals surface area contributed by atoms with Crippen LogP contribution in [-0.2, 0) is 27.9 Å². The van der Waals surface area contributed by atoms with Crippen molar-refractivity contribution in [2.75, 3.05) is 6.26 Å². The van der Waals surface area contributed by atoms with Crippen LogP contribution in [0.25, 0.3) is 0 Å². The minimum atomic E-state index is -0.544. The van der Waals surface area contributed by atoms with Gasteiger partial charge in [0.15, 0.2) is 5.16 Å². The molecule has 1 amide bonds. The molecule has 0 bridgehead atoms. The lowest BCUT2D eigenvalue weighted by Crippen LogP contribution is -2.42. The average molecular weight is 323 g/mol. The minimum Gasteiger partial charge on any atom is -0.458 e. The monoisotopic (exact) mass is 323 g/mol. The number of ether oxygens (including phenoxy) is 1. The molecule has 2 heterocycles. The predicted octanol–water partition coefficient (Wildman–Crippen LogP) is 1.63. The molecule has 1 atom stereocenters. The van der Waals surface area contributed by atoms with Crippen LogP contribution in [-0.4, -0.2) is 33.3 Å². The van der Waals surface area contributed by atoms with Gasteiger partial charge in [0.05, 0.1) is 30.8 Å². The normalized spacial score (nSPS) is 23.0. The number of carbonyl (C=O) groups excluding carboxylic acids is 2. The van der Waals surface area contributed by atoms with Gasteiger partial charge in [0.2, 0.25) is 5.91 Å². The number of esters is 1. The SMILES string of the molecule is CSc1ncc(CNC(=O)C2CC(=O)OC23CCCC3)n1C. The lowest BCUT2D eigenvalue weighted by molar-refractivity contribution is -0.149. The first-order valence-corrected chi connectivity index (χ1v) is 8.82. The zero-order valence-corrected chi connectivity index (χ0v) is 13.7. The van der Waals surface area contributed by atoms with E-state index in [0.717, 1.165) is 36.5 Å². The molecule has 1 saturated carbocycles. The van der Waals surface area contributed by atoms with Crippen molar-refractivity contribution < 1.29 is 14.3 Å². The van der Waals surface area contributed by atoms with Gasteiger partial charge < -0.3 is 14.6 Å². The van der Waals surface area contributed by atoms with Crippen LogP contribution < -0.4 is 5.32 Å². The van der Waals surface area contributed by atoms with Gasteiger partial charge in [-0.1, -0.05) is 11.8 Å². The van der Waals surface area contributed by atoms with Crippen LogP contribution in [0.1, 0.15) is 37.8 Å². The number of nitrogens with one attached hydrogen (secondary N) is 1. The summed E-state index contributed by atoms with van der Waals surface area (Å²) in [5, 5.41) is 3.86. The molecule has 1 saturated heterocycles. The van der Waals surface area contributed by atoms with Gasteiger partial charge in [0, 0.05) is 7.05 Å². The highest BCUT2D eigenvalue weighted by Crippen LogP contribution is 2.45. The fourth-order valence-electron chi connectivity index (χ4n) is 3.53. The molecule has 3 rings (SSSR count). The number of hydrogen-bond donors (Lipinski definition) is 1. The van der Waals surface area contributed by atoms with E-state index in [1.165, 1.54) is 0 Å². The molecular weight excluding hydrogens is 302 g/mol. The van der Waals surface area contributed by atoms with Gasteiger partial charge in [-0.25, -0.2) is 4.98 Å². The third-order valence-corrected chi connectivity index (χ3v) is 5.50. The minimum absolute atomic E-state index is 0.0837. The molecule has 0 aromatic carbocycles. The van der Waals surface area contributed by atoms with E-state index in [2.05, 4.69) is 10.3 Å². The zero-order valence-electron chi connectivity index (χ0n) is 12.9. The van der Waals surface area contributed by atoms with E-state index in [1.807, 2.05) is 17.9 Å². The van der Waals surface area contributed by atoms with Crippen molar-refractivity contribution in [3.05, 3.63) is 11.9 Å². The highest BCUT2D eigenvalue weighted by Gasteiger charge is 2.53. The molecule has 6 nitrogen and oxygen atoms in total. The van der Waals surface area contributed by atoms with Crippen LogP contribution in [0.5, 0.6) is 0 Å². The molecule has 22 heavy (non-hydrogen) atoms. The second kappa shape index (κ2) is 5.95. The lowest BCUT2D eigenvalue weighted by atomic mass is 9.85. The number of thioether (sulfide) groups is 1. The molecule has 0 radical (unpaired) electrons. The maximum Gasteiger partial charge on any atom is 0.307 e. The summed E-state index contributed by atoms with van der Waals surface area (Å²) in [6.45, 7) is 0.420. The van der Waals surface area contributed by atoms with Crippen LogP contribution in [0.3, 0.4) is 0 Å². The Morgan fingerprint density at radius 2 is 2.27 bits per heavy atom. The van der Waals surface area contributed by atoms with Crippen molar-refractivity contribution in [2.45, 2.75) is 49.4 Å². The maximum atomic E-state index is 12.5. The van der Waals surface area contributed by atoms with Crippen molar-refractivity contribution in [3.8, 4) is 0 Å². The highest BCUT2D eigenvalue weighted by molar-refractivity contribution is 7.98. The molecule has 1 aliphatic heterocycles. The second-order valence-electron chi connectivity index (χ2n) is 6.02. The van der Waals surface area contributed by atoms with Crippen molar-refractivity contribution >= 4 is 23.6 Å². The molecular formula is C15H21N3O3S. The Bertz CT molecular complexity index is 593. The topological polar surface area (TPSA) is 73.2 Å². The number of aromatic nitrogens is 2. The summed E-state index contributed by atoms with van der Waals surface area (Å²) in [6.07, 6.45) is 7.60. The Morgan fingerprint density at radius 1 is 1.55 bits per heavy atom. The van der Waals surface area contributed by atoms with Crippen molar-refractivity contribution in [1.82, 2.24) is 14.9 Å². The van der Waals surface area contributed by atoms with Crippen LogP contribution in [0.4, 0.5) is 0 Å². The Labute approximate surface area is 134 Å². The van der Waals surface area contributed by atoms with Gasteiger partial charge in [0.25, 0.3) is 0 Å². The van der Waals surface area contributed by atoms with E-state index in [1.54, 1.807) is 18.0 Å². The van der Waals surface area contributed by atoms with Crippen molar-refractivity contribution in [3.63, 3.8) is 0 Å². The molecule has 2 aliphatic rings. The van der Waals surface area contributed by atoms with Gasteiger partial charge in [-0.05, 0) is 31.9 Å². The van der Waals surface area contributed by atoms with E-state index in [0.29, 0.717) is 6.54 Å². The number of rotatable bonds is 4. The average Bonchev–Trinajstić information content (AvgIpc) is 3.18. The largest absolute Gasteiger partial charge is 0.458 e. The first-order valence-electron chi connectivity index (χ1n) is 7.60. The lowest BCUT2D eigenvalue weighted by Gasteiger charge is -2.27. The Hall–Kier alpha value is -1.50. The number of amides is 1. The summed E-state index contributed by atoms with van der Waals surface area (Å²) >= 11 is 1.57. The van der Waals surface area contributed by atoms with E-state index >= 15 is 0 Å². The Kier molecular flexibility index (Phi) is 4.16. The van der Waals surface area contributed by atoms with Crippen LogP contribution in [0.2, 0.25) is 0 Å². The fraction of sp³-hybridized carbons (Fsp3) is 0.667. The first-order chi connectivity index (χ1) is 10.6. The highest BCUT2D eigenvalue weighted by atomic mass is 32.2. The van der Waals surface area contributed by atoms with Gasteiger partial charge in [-0.15, -0.1) is 0 Å². The fourth-order valence-corrected chi connectivity index (χ4v) is 4.08. The quantitative estimate of drug-likeness (QED) is 0.673. The summed E-state index contributed by atoms with van der Waals surface area (Å²) in [4.78, 5) is 28.5. The second-order valence-corrected chi connectivity index (χ2v) is 6.79. The number of carbonyl (C=O) groups is 2. The number of nitrogens with zero attached hydrogens (tertiary/aromatic N) is 2. The van der Waals surface area contributed by atoms with E-state index < -0.39 is 5.60 Å². The third kappa shape index (κ3) is 2.62. The molecule has 1 unspecified atom stereocenters. The van der Waals surface area contributed by atoms with E-state index in [9.17, 15) is 9.59 Å². The standard InChI is InChI=1S/C15H21N3O3S/c1-18-10(9-17-14(18)22-2)8-16-13(20)11-7-12(19)21-15(11)5-3-4-6-15/h9,11H,3-8H2,1-2H3,(H,16,20). The van der Waals surface area contributed by atoms with Crippen molar-refractivity contribution in [2.24, 2.45) is 13.0 Å².